The van der Waals surface area contributed by atoms with Gasteiger partial charge < -0.3 is 4.90 Å². The van der Waals surface area contributed by atoms with Gasteiger partial charge in [0.15, 0.2) is 5.82 Å². The molecule has 2 heterocycles. The minimum absolute atomic E-state index is 0.622. The van der Waals surface area contributed by atoms with Crippen LogP contribution in [-0.4, -0.2) is 34.8 Å². The lowest BCUT2D eigenvalue weighted by Gasteiger charge is -2.20. The summed E-state index contributed by atoms with van der Waals surface area (Å²) in [5.41, 5.74) is 0.622. The zero-order valence-electron chi connectivity index (χ0n) is 8.39. The van der Waals surface area contributed by atoms with E-state index in [2.05, 4.69) is 21.2 Å². The van der Waals surface area contributed by atoms with Gasteiger partial charge in [0.05, 0.1) is 11.8 Å². The third-order valence-electron chi connectivity index (χ3n) is 2.34. The predicted molar refractivity (Wildman–Crippen MR) is 60.9 cm³/mol. The van der Waals surface area contributed by atoms with Crippen LogP contribution in [0, 0.1) is 11.3 Å². The van der Waals surface area contributed by atoms with Crippen molar-refractivity contribution >= 4 is 17.6 Å². The summed E-state index contributed by atoms with van der Waals surface area (Å²) < 4.78 is 0. The van der Waals surface area contributed by atoms with E-state index in [9.17, 15) is 0 Å². The third-order valence-corrected chi connectivity index (χ3v) is 3.39. The molecular formula is C10H12N4S. The van der Waals surface area contributed by atoms with Crippen molar-refractivity contribution in [2.24, 2.45) is 0 Å². The van der Waals surface area contributed by atoms with E-state index >= 15 is 0 Å². The van der Waals surface area contributed by atoms with Crippen LogP contribution in [0.25, 0.3) is 0 Å². The van der Waals surface area contributed by atoms with E-state index in [0.717, 1.165) is 31.1 Å². The SMILES string of the molecule is N#Cc1ccnnc1N1CCCSCC1. The Morgan fingerprint density at radius 3 is 3.20 bits per heavy atom. The zero-order valence-corrected chi connectivity index (χ0v) is 9.20. The van der Waals surface area contributed by atoms with E-state index in [1.54, 1.807) is 12.3 Å². The van der Waals surface area contributed by atoms with Crippen molar-refractivity contribution in [1.82, 2.24) is 10.2 Å². The van der Waals surface area contributed by atoms with Gasteiger partial charge in [0.2, 0.25) is 0 Å². The molecule has 1 aliphatic rings. The number of thioether (sulfide) groups is 1. The highest BCUT2D eigenvalue weighted by Gasteiger charge is 2.14. The molecule has 1 aromatic rings. The standard InChI is InChI=1S/C10H12N4S/c11-8-9-2-3-12-13-10(9)14-4-1-6-15-7-5-14/h2-3H,1,4-7H2. The van der Waals surface area contributed by atoms with Gasteiger partial charge in [0.1, 0.15) is 6.07 Å². The molecule has 0 amide bonds. The van der Waals surface area contributed by atoms with Gasteiger partial charge in [-0.25, -0.2) is 0 Å². The summed E-state index contributed by atoms with van der Waals surface area (Å²) in [5, 5.41) is 16.9. The summed E-state index contributed by atoms with van der Waals surface area (Å²) in [6, 6.07) is 3.88. The number of rotatable bonds is 1. The van der Waals surface area contributed by atoms with Crippen LogP contribution in [0.4, 0.5) is 5.82 Å². The highest BCUT2D eigenvalue weighted by molar-refractivity contribution is 7.99. The van der Waals surface area contributed by atoms with Gasteiger partial charge in [-0.05, 0) is 18.2 Å². The molecule has 1 saturated heterocycles. The maximum atomic E-state index is 8.97. The van der Waals surface area contributed by atoms with Crippen LogP contribution in [0.3, 0.4) is 0 Å². The first-order valence-corrected chi connectivity index (χ1v) is 6.12. The summed E-state index contributed by atoms with van der Waals surface area (Å²) in [6.45, 7) is 1.93. The Labute approximate surface area is 93.3 Å². The van der Waals surface area contributed by atoms with Crippen LogP contribution in [0.2, 0.25) is 0 Å². The smallest absolute Gasteiger partial charge is 0.169 e. The minimum Gasteiger partial charge on any atom is -0.353 e. The topological polar surface area (TPSA) is 52.8 Å². The first-order valence-electron chi connectivity index (χ1n) is 4.96. The van der Waals surface area contributed by atoms with Crippen LogP contribution < -0.4 is 4.90 Å². The first kappa shape index (κ1) is 10.2. The molecule has 0 bridgehead atoms. The maximum Gasteiger partial charge on any atom is 0.169 e. The zero-order chi connectivity index (χ0) is 10.5. The summed E-state index contributed by atoms with van der Waals surface area (Å²) in [4.78, 5) is 2.16. The van der Waals surface area contributed by atoms with Crippen molar-refractivity contribution in [3.8, 4) is 6.07 Å². The molecular weight excluding hydrogens is 208 g/mol. The van der Waals surface area contributed by atoms with Crippen LogP contribution in [-0.2, 0) is 0 Å². The maximum absolute atomic E-state index is 8.97. The second-order valence-electron chi connectivity index (χ2n) is 3.33. The van der Waals surface area contributed by atoms with Gasteiger partial charge in [0.25, 0.3) is 0 Å². The lowest BCUT2D eigenvalue weighted by molar-refractivity contribution is 0.785. The molecule has 0 unspecified atom stereocenters. The molecule has 2 rings (SSSR count). The summed E-state index contributed by atoms with van der Waals surface area (Å²) in [5.74, 6) is 3.03. The molecule has 0 aromatic carbocycles. The lowest BCUT2D eigenvalue weighted by atomic mass is 10.3. The number of nitriles is 1. The molecule has 0 N–H and O–H groups in total. The molecule has 1 aliphatic heterocycles. The van der Waals surface area contributed by atoms with Crippen molar-refractivity contribution in [3.05, 3.63) is 17.8 Å². The Balaban J connectivity index is 2.23. The Morgan fingerprint density at radius 1 is 1.40 bits per heavy atom. The Morgan fingerprint density at radius 2 is 2.33 bits per heavy atom. The molecule has 4 nitrogen and oxygen atoms in total. The van der Waals surface area contributed by atoms with Crippen molar-refractivity contribution in [1.29, 1.82) is 5.26 Å². The first-order chi connectivity index (χ1) is 7.42. The average molecular weight is 220 g/mol. The molecule has 0 spiro atoms. The van der Waals surface area contributed by atoms with Gasteiger partial charge in [-0.2, -0.15) is 22.1 Å². The molecule has 5 heteroatoms. The van der Waals surface area contributed by atoms with Crippen LogP contribution in [0.1, 0.15) is 12.0 Å². The van der Waals surface area contributed by atoms with Crippen LogP contribution in [0.5, 0.6) is 0 Å². The summed E-state index contributed by atoms with van der Waals surface area (Å²) in [6.07, 6.45) is 2.71. The van der Waals surface area contributed by atoms with Crippen molar-refractivity contribution in [3.63, 3.8) is 0 Å². The normalized spacial score (nSPS) is 16.9. The van der Waals surface area contributed by atoms with E-state index in [0.29, 0.717) is 5.56 Å². The van der Waals surface area contributed by atoms with E-state index in [-0.39, 0.29) is 0 Å². The molecule has 0 atom stereocenters. The second-order valence-corrected chi connectivity index (χ2v) is 4.56. The number of hydrogen-bond donors (Lipinski definition) is 0. The van der Waals surface area contributed by atoms with E-state index in [4.69, 9.17) is 5.26 Å². The molecule has 0 aliphatic carbocycles. The Kier molecular flexibility index (Phi) is 3.41. The third kappa shape index (κ3) is 2.39. The molecule has 1 fully saturated rings. The number of anilines is 1. The summed E-state index contributed by atoms with van der Waals surface area (Å²) >= 11 is 1.95. The fourth-order valence-electron chi connectivity index (χ4n) is 1.60. The van der Waals surface area contributed by atoms with Gasteiger partial charge in [-0.3, -0.25) is 0 Å². The second kappa shape index (κ2) is 4.99. The van der Waals surface area contributed by atoms with Crippen molar-refractivity contribution < 1.29 is 0 Å². The molecule has 0 saturated carbocycles. The molecule has 0 radical (unpaired) electrons. The van der Waals surface area contributed by atoms with Gasteiger partial charge in [-0.15, -0.1) is 5.10 Å². The summed E-state index contributed by atoms with van der Waals surface area (Å²) in [7, 11) is 0. The van der Waals surface area contributed by atoms with Crippen molar-refractivity contribution in [2.75, 3.05) is 29.5 Å². The van der Waals surface area contributed by atoms with Gasteiger partial charge >= 0.3 is 0 Å². The fourth-order valence-corrected chi connectivity index (χ4v) is 2.49. The monoisotopic (exact) mass is 220 g/mol. The van der Waals surface area contributed by atoms with Gasteiger partial charge in [-0.1, -0.05) is 0 Å². The molecule has 1 aromatic heterocycles. The van der Waals surface area contributed by atoms with Crippen molar-refractivity contribution in [2.45, 2.75) is 6.42 Å². The average Bonchev–Trinajstić information content (AvgIpc) is 2.57. The highest BCUT2D eigenvalue weighted by Crippen LogP contribution is 2.19. The number of nitrogens with zero attached hydrogens (tertiary/aromatic N) is 4. The molecule has 78 valence electrons. The predicted octanol–water partition coefficient (Wildman–Crippen LogP) is 1.29. The minimum atomic E-state index is 0.622. The largest absolute Gasteiger partial charge is 0.353 e. The Hall–Kier alpha value is -1.28. The fraction of sp³-hybridized carbons (Fsp3) is 0.500. The number of aromatic nitrogens is 2. The van der Waals surface area contributed by atoms with Crippen LogP contribution in [0.15, 0.2) is 12.3 Å². The quantitative estimate of drug-likeness (QED) is 0.714. The molecule has 15 heavy (non-hydrogen) atoms. The highest BCUT2D eigenvalue weighted by atomic mass is 32.2. The van der Waals surface area contributed by atoms with E-state index in [1.807, 2.05) is 11.8 Å². The van der Waals surface area contributed by atoms with E-state index < -0.39 is 0 Å². The van der Waals surface area contributed by atoms with Crippen LogP contribution >= 0.6 is 11.8 Å². The van der Waals surface area contributed by atoms with Gasteiger partial charge in [0, 0.05) is 18.8 Å². The number of hydrogen-bond acceptors (Lipinski definition) is 5. The lowest BCUT2D eigenvalue weighted by Crippen LogP contribution is -2.27. The Bertz CT molecular complexity index is 366. The van der Waals surface area contributed by atoms with E-state index in [1.165, 1.54) is 5.75 Å².